The molecule has 0 radical (unpaired) electrons. The minimum Gasteiger partial charge on any atom is -0.383 e. The summed E-state index contributed by atoms with van der Waals surface area (Å²) in [6.45, 7) is 3.91. The fraction of sp³-hybridized carbons (Fsp3) is 0.600. The van der Waals surface area contributed by atoms with Gasteiger partial charge in [-0.1, -0.05) is 17.7 Å². The molecule has 1 atom stereocenters. The lowest BCUT2D eigenvalue weighted by molar-refractivity contribution is 0.137. The highest BCUT2D eigenvalue weighted by Gasteiger charge is 2.19. The van der Waals surface area contributed by atoms with Crippen molar-refractivity contribution in [2.75, 3.05) is 33.4 Å². The number of hydrogen-bond donors (Lipinski definition) is 1. The molecule has 1 saturated heterocycles. The van der Waals surface area contributed by atoms with E-state index in [1.54, 1.807) is 19.2 Å². The third-order valence-electron chi connectivity index (χ3n) is 3.70. The Morgan fingerprint density at radius 3 is 3.00 bits per heavy atom. The van der Waals surface area contributed by atoms with Crippen LogP contribution in [0.25, 0.3) is 0 Å². The lowest BCUT2D eigenvalue weighted by Crippen LogP contribution is -2.39. The smallest absolute Gasteiger partial charge is 0.129 e. The molecule has 1 aromatic carbocycles. The fourth-order valence-electron chi connectivity index (χ4n) is 2.59. The van der Waals surface area contributed by atoms with Gasteiger partial charge in [0.25, 0.3) is 0 Å². The maximum atomic E-state index is 13.9. The van der Waals surface area contributed by atoms with Crippen molar-refractivity contribution >= 4 is 11.6 Å². The average Bonchev–Trinajstić information content (AvgIpc) is 2.93. The Morgan fingerprint density at radius 1 is 1.50 bits per heavy atom. The topological polar surface area (TPSA) is 24.5 Å². The van der Waals surface area contributed by atoms with Crippen LogP contribution in [0.15, 0.2) is 18.2 Å². The van der Waals surface area contributed by atoms with E-state index in [0.717, 1.165) is 19.6 Å². The molecular weight excluding hydrogens is 279 g/mol. The molecule has 0 aromatic heterocycles. The van der Waals surface area contributed by atoms with E-state index >= 15 is 0 Å². The first-order valence-corrected chi connectivity index (χ1v) is 7.46. The van der Waals surface area contributed by atoms with E-state index in [2.05, 4.69) is 10.2 Å². The van der Waals surface area contributed by atoms with Crippen molar-refractivity contribution in [3.8, 4) is 0 Å². The Labute approximate surface area is 125 Å². The molecule has 0 bridgehead atoms. The summed E-state index contributed by atoms with van der Waals surface area (Å²) in [6.07, 6.45) is 2.39. The van der Waals surface area contributed by atoms with Crippen molar-refractivity contribution in [3.05, 3.63) is 34.6 Å². The van der Waals surface area contributed by atoms with Gasteiger partial charge < -0.3 is 10.1 Å². The summed E-state index contributed by atoms with van der Waals surface area (Å²) >= 11 is 6.11. The Bertz CT molecular complexity index is 404. The standard InChI is InChI=1S/C15H22ClFN2O/c1-20-9-8-19(10-12-4-3-7-18-12)11-13-14(16)5-2-6-15(13)17/h2,5-6,12,18H,3-4,7-11H2,1H3. The lowest BCUT2D eigenvalue weighted by Gasteiger charge is -2.26. The summed E-state index contributed by atoms with van der Waals surface area (Å²) in [4.78, 5) is 2.21. The maximum absolute atomic E-state index is 13.9. The van der Waals surface area contributed by atoms with Gasteiger partial charge >= 0.3 is 0 Å². The molecule has 2 rings (SSSR count). The first-order valence-electron chi connectivity index (χ1n) is 7.08. The van der Waals surface area contributed by atoms with Gasteiger partial charge in [0.05, 0.1) is 6.61 Å². The molecule has 1 heterocycles. The molecule has 1 fully saturated rings. The van der Waals surface area contributed by atoms with Crippen LogP contribution in [-0.2, 0) is 11.3 Å². The van der Waals surface area contributed by atoms with Gasteiger partial charge in [-0.15, -0.1) is 0 Å². The van der Waals surface area contributed by atoms with Gasteiger partial charge in [-0.25, -0.2) is 4.39 Å². The highest BCUT2D eigenvalue weighted by molar-refractivity contribution is 6.31. The summed E-state index contributed by atoms with van der Waals surface area (Å²) in [5.74, 6) is -0.237. The Kier molecular flexibility index (Phi) is 6.23. The molecule has 0 saturated carbocycles. The maximum Gasteiger partial charge on any atom is 0.129 e. The summed E-state index contributed by atoms with van der Waals surface area (Å²) < 4.78 is 19.0. The highest BCUT2D eigenvalue weighted by Crippen LogP contribution is 2.21. The molecule has 0 spiro atoms. The van der Waals surface area contributed by atoms with E-state index in [1.165, 1.54) is 18.9 Å². The number of hydrogen-bond acceptors (Lipinski definition) is 3. The molecule has 1 aromatic rings. The third kappa shape index (κ3) is 4.42. The van der Waals surface area contributed by atoms with Gasteiger partial charge in [-0.2, -0.15) is 0 Å². The van der Waals surface area contributed by atoms with Crippen LogP contribution in [0.2, 0.25) is 5.02 Å². The van der Waals surface area contributed by atoms with Gasteiger partial charge in [-0.3, -0.25) is 4.90 Å². The van der Waals surface area contributed by atoms with Crippen molar-refractivity contribution < 1.29 is 9.13 Å². The van der Waals surface area contributed by atoms with E-state index in [4.69, 9.17) is 16.3 Å². The van der Waals surface area contributed by atoms with Crippen LogP contribution in [0, 0.1) is 5.82 Å². The van der Waals surface area contributed by atoms with E-state index < -0.39 is 0 Å². The van der Waals surface area contributed by atoms with Crippen LogP contribution in [0.1, 0.15) is 18.4 Å². The van der Waals surface area contributed by atoms with Gasteiger partial charge in [0, 0.05) is 43.4 Å². The molecule has 0 aliphatic carbocycles. The minimum absolute atomic E-state index is 0.237. The summed E-state index contributed by atoms with van der Waals surface area (Å²) in [7, 11) is 1.68. The van der Waals surface area contributed by atoms with Crippen LogP contribution in [-0.4, -0.2) is 44.3 Å². The molecule has 1 aliphatic rings. The van der Waals surface area contributed by atoms with E-state index in [0.29, 0.717) is 29.8 Å². The van der Waals surface area contributed by atoms with Crippen LogP contribution < -0.4 is 5.32 Å². The number of nitrogens with zero attached hydrogens (tertiary/aromatic N) is 1. The van der Waals surface area contributed by atoms with Gasteiger partial charge in [0.15, 0.2) is 0 Å². The molecule has 112 valence electrons. The second kappa shape index (κ2) is 7.93. The number of benzene rings is 1. The number of halogens is 2. The van der Waals surface area contributed by atoms with Crippen LogP contribution >= 0.6 is 11.6 Å². The van der Waals surface area contributed by atoms with Crippen LogP contribution in [0.3, 0.4) is 0 Å². The zero-order valence-electron chi connectivity index (χ0n) is 11.9. The zero-order valence-corrected chi connectivity index (χ0v) is 12.6. The second-order valence-corrected chi connectivity index (χ2v) is 5.63. The van der Waals surface area contributed by atoms with Crippen LogP contribution in [0.5, 0.6) is 0 Å². The molecule has 20 heavy (non-hydrogen) atoms. The fourth-order valence-corrected chi connectivity index (χ4v) is 2.81. The largest absolute Gasteiger partial charge is 0.383 e. The highest BCUT2D eigenvalue weighted by atomic mass is 35.5. The average molecular weight is 301 g/mol. The molecule has 5 heteroatoms. The number of rotatable bonds is 7. The molecule has 0 amide bonds. The Balaban J connectivity index is 2.01. The molecular formula is C15H22ClFN2O. The molecule has 3 nitrogen and oxygen atoms in total. The van der Waals surface area contributed by atoms with E-state index in [1.807, 2.05) is 0 Å². The first-order chi connectivity index (χ1) is 9.70. The quantitative estimate of drug-likeness (QED) is 0.838. The Hall–Kier alpha value is -0.680. The van der Waals surface area contributed by atoms with Gasteiger partial charge in [0.1, 0.15) is 5.82 Å². The number of methoxy groups -OCH3 is 1. The molecule has 1 unspecified atom stereocenters. The predicted octanol–water partition coefficient (Wildman–Crippen LogP) is 2.68. The molecule has 1 N–H and O–H groups in total. The SMILES string of the molecule is COCCN(Cc1c(F)cccc1Cl)CC1CCCN1. The van der Waals surface area contributed by atoms with Gasteiger partial charge in [-0.05, 0) is 31.5 Å². The predicted molar refractivity (Wildman–Crippen MR) is 79.6 cm³/mol. The molecule has 1 aliphatic heterocycles. The van der Waals surface area contributed by atoms with Crippen molar-refractivity contribution in [3.63, 3.8) is 0 Å². The lowest BCUT2D eigenvalue weighted by atomic mass is 10.1. The van der Waals surface area contributed by atoms with Crippen molar-refractivity contribution in [2.24, 2.45) is 0 Å². The Morgan fingerprint density at radius 2 is 2.35 bits per heavy atom. The van der Waals surface area contributed by atoms with Crippen LogP contribution in [0.4, 0.5) is 4.39 Å². The summed E-state index contributed by atoms with van der Waals surface area (Å²) in [5, 5.41) is 3.96. The number of nitrogens with one attached hydrogen (secondary N) is 1. The van der Waals surface area contributed by atoms with Crippen molar-refractivity contribution in [2.45, 2.75) is 25.4 Å². The van der Waals surface area contributed by atoms with Crippen molar-refractivity contribution in [1.82, 2.24) is 10.2 Å². The zero-order chi connectivity index (χ0) is 14.4. The monoisotopic (exact) mass is 300 g/mol. The second-order valence-electron chi connectivity index (χ2n) is 5.22. The van der Waals surface area contributed by atoms with Gasteiger partial charge in [0.2, 0.25) is 0 Å². The first kappa shape index (κ1) is 15.7. The summed E-state index contributed by atoms with van der Waals surface area (Å²) in [6, 6.07) is 5.32. The van der Waals surface area contributed by atoms with E-state index in [-0.39, 0.29) is 5.82 Å². The van der Waals surface area contributed by atoms with Crippen molar-refractivity contribution in [1.29, 1.82) is 0 Å². The number of ether oxygens (including phenoxy) is 1. The summed E-state index contributed by atoms with van der Waals surface area (Å²) in [5.41, 5.74) is 0.572. The normalized spacial score (nSPS) is 18.9. The van der Waals surface area contributed by atoms with E-state index in [9.17, 15) is 4.39 Å². The third-order valence-corrected chi connectivity index (χ3v) is 4.05. The minimum atomic E-state index is -0.237.